The summed E-state index contributed by atoms with van der Waals surface area (Å²) in [6.07, 6.45) is -1.18. The molecular weight excluding hydrogens is 246 g/mol. The maximum Gasteiger partial charge on any atom is 0.246 e. The highest BCUT2D eigenvalue weighted by atomic mass is 16.5. The van der Waals surface area contributed by atoms with E-state index in [1.165, 1.54) is 0 Å². The second-order valence-electron chi connectivity index (χ2n) is 4.28. The zero-order valence-corrected chi connectivity index (χ0v) is 10.9. The van der Waals surface area contributed by atoms with Gasteiger partial charge in [-0.2, -0.15) is 4.98 Å². The van der Waals surface area contributed by atoms with Gasteiger partial charge < -0.3 is 20.1 Å². The molecule has 102 valence electrons. The zero-order chi connectivity index (χ0) is 13.8. The van der Waals surface area contributed by atoms with Gasteiger partial charge in [0, 0.05) is 7.11 Å². The van der Waals surface area contributed by atoms with Crippen LogP contribution in [0.2, 0.25) is 0 Å². The molecule has 1 aromatic carbocycles. The molecule has 0 amide bonds. The van der Waals surface area contributed by atoms with E-state index >= 15 is 0 Å². The van der Waals surface area contributed by atoms with Gasteiger partial charge in [-0.3, -0.25) is 0 Å². The molecule has 0 saturated carbocycles. The van der Waals surface area contributed by atoms with Crippen LogP contribution in [-0.4, -0.2) is 28.5 Å². The van der Waals surface area contributed by atoms with Crippen LogP contribution in [-0.2, 0) is 4.74 Å². The van der Waals surface area contributed by atoms with Gasteiger partial charge in [0.2, 0.25) is 11.7 Å². The summed E-state index contributed by atoms with van der Waals surface area (Å²) in [4.78, 5) is 4.19. The van der Waals surface area contributed by atoms with E-state index in [9.17, 15) is 5.11 Å². The number of aromatic nitrogens is 2. The molecule has 19 heavy (non-hydrogen) atoms. The van der Waals surface area contributed by atoms with Crippen molar-refractivity contribution in [3.05, 3.63) is 47.6 Å². The monoisotopic (exact) mass is 263 g/mol. The fourth-order valence-electron chi connectivity index (χ4n) is 1.71. The Bertz CT molecular complexity index is 513. The van der Waals surface area contributed by atoms with Crippen LogP contribution in [0.5, 0.6) is 0 Å². The van der Waals surface area contributed by atoms with E-state index in [1.807, 2.05) is 30.3 Å². The Morgan fingerprint density at radius 2 is 2.00 bits per heavy atom. The van der Waals surface area contributed by atoms with Crippen molar-refractivity contribution < 1.29 is 14.4 Å². The van der Waals surface area contributed by atoms with Crippen LogP contribution in [0.25, 0.3) is 0 Å². The van der Waals surface area contributed by atoms with Crippen molar-refractivity contribution in [1.29, 1.82) is 0 Å². The van der Waals surface area contributed by atoms with E-state index in [-0.39, 0.29) is 5.89 Å². The van der Waals surface area contributed by atoms with Gasteiger partial charge in [-0.25, -0.2) is 0 Å². The summed E-state index contributed by atoms with van der Waals surface area (Å²) in [5.41, 5.74) is 6.66. The third kappa shape index (κ3) is 2.98. The number of rotatable bonds is 5. The van der Waals surface area contributed by atoms with E-state index in [1.54, 1.807) is 14.0 Å². The van der Waals surface area contributed by atoms with Crippen molar-refractivity contribution in [3.8, 4) is 0 Å². The molecule has 0 aliphatic carbocycles. The molecule has 6 nitrogen and oxygen atoms in total. The molecule has 3 N–H and O–H groups in total. The molecule has 0 aliphatic heterocycles. The molecule has 0 aliphatic rings. The number of methoxy groups -OCH3 is 1. The quantitative estimate of drug-likeness (QED) is 0.841. The van der Waals surface area contributed by atoms with Gasteiger partial charge in [0.25, 0.3) is 0 Å². The van der Waals surface area contributed by atoms with Crippen molar-refractivity contribution in [2.45, 2.75) is 25.2 Å². The largest absolute Gasteiger partial charge is 0.391 e. The van der Waals surface area contributed by atoms with Gasteiger partial charge in [0.05, 0.1) is 6.10 Å². The highest BCUT2D eigenvalue weighted by molar-refractivity contribution is 5.22. The Morgan fingerprint density at radius 3 is 2.58 bits per heavy atom. The molecule has 0 bridgehead atoms. The number of nitrogens with two attached hydrogens (primary N) is 1. The summed E-state index contributed by atoms with van der Waals surface area (Å²) in [5.74, 6) is 0.586. The molecule has 0 fully saturated rings. The number of hydrogen-bond donors (Lipinski definition) is 2. The molecule has 1 aromatic heterocycles. The minimum Gasteiger partial charge on any atom is -0.391 e. The lowest BCUT2D eigenvalue weighted by Gasteiger charge is -2.11. The summed E-state index contributed by atoms with van der Waals surface area (Å²) in [6.45, 7) is 1.57. The summed E-state index contributed by atoms with van der Waals surface area (Å²) in [5, 5.41) is 13.3. The molecule has 3 atom stereocenters. The van der Waals surface area contributed by atoms with Crippen LogP contribution in [0, 0.1) is 0 Å². The fourth-order valence-corrected chi connectivity index (χ4v) is 1.71. The van der Waals surface area contributed by atoms with Gasteiger partial charge in [-0.05, 0) is 12.5 Å². The summed E-state index contributed by atoms with van der Waals surface area (Å²) in [6, 6.07) is 8.86. The minimum atomic E-state index is -0.758. The first-order valence-corrected chi connectivity index (χ1v) is 5.98. The van der Waals surface area contributed by atoms with E-state index in [2.05, 4.69) is 10.1 Å². The maximum absolute atomic E-state index is 9.41. The van der Waals surface area contributed by atoms with Crippen LogP contribution >= 0.6 is 0 Å². The number of benzene rings is 1. The highest BCUT2D eigenvalue weighted by Crippen LogP contribution is 2.24. The predicted octanol–water partition coefficient (Wildman–Crippen LogP) is 1.19. The van der Waals surface area contributed by atoms with Gasteiger partial charge in [0.1, 0.15) is 12.1 Å². The van der Waals surface area contributed by atoms with Crippen molar-refractivity contribution in [3.63, 3.8) is 0 Å². The SMILES string of the molecule is COC(c1ccccc1)c1noc(C(N)C(C)O)n1. The highest BCUT2D eigenvalue weighted by Gasteiger charge is 2.24. The Kier molecular flexibility index (Phi) is 4.26. The molecule has 3 unspecified atom stereocenters. The van der Waals surface area contributed by atoms with Crippen LogP contribution in [0.4, 0.5) is 0 Å². The third-order valence-electron chi connectivity index (χ3n) is 2.83. The fraction of sp³-hybridized carbons (Fsp3) is 0.385. The van der Waals surface area contributed by atoms with Crippen LogP contribution in [0.3, 0.4) is 0 Å². The van der Waals surface area contributed by atoms with Gasteiger partial charge in [-0.1, -0.05) is 35.5 Å². The van der Waals surface area contributed by atoms with Crippen molar-refractivity contribution in [2.75, 3.05) is 7.11 Å². The average molecular weight is 263 g/mol. The Labute approximate surface area is 111 Å². The molecule has 1 heterocycles. The first-order valence-electron chi connectivity index (χ1n) is 5.98. The number of aliphatic hydroxyl groups excluding tert-OH is 1. The van der Waals surface area contributed by atoms with Gasteiger partial charge in [-0.15, -0.1) is 0 Å². The normalized spacial score (nSPS) is 16.0. The second kappa shape index (κ2) is 5.92. The topological polar surface area (TPSA) is 94.4 Å². The van der Waals surface area contributed by atoms with E-state index in [0.29, 0.717) is 5.82 Å². The summed E-state index contributed by atoms with van der Waals surface area (Å²) in [7, 11) is 1.57. The Balaban J connectivity index is 2.26. The number of aliphatic hydroxyl groups is 1. The van der Waals surface area contributed by atoms with Crippen molar-refractivity contribution in [2.24, 2.45) is 5.73 Å². The minimum absolute atomic E-state index is 0.197. The van der Waals surface area contributed by atoms with E-state index < -0.39 is 18.2 Å². The average Bonchev–Trinajstić information content (AvgIpc) is 2.89. The molecule has 2 aromatic rings. The molecule has 6 heteroatoms. The smallest absolute Gasteiger partial charge is 0.246 e. The van der Waals surface area contributed by atoms with Crippen molar-refractivity contribution in [1.82, 2.24) is 10.1 Å². The Morgan fingerprint density at radius 1 is 1.32 bits per heavy atom. The summed E-state index contributed by atoms with van der Waals surface area (Å²) >= 11 is 0. The maximum atomic E-state index is 9.41. The standard InChI is InChI=1S/C13H17N3O3/c1-8(17)10(14)13-15-12(16-19-13)11(18-2)9-6-4-3-5-7-9/h3-8,10-11,17H,14H2,1-2H3. The van der Waals surface area contributed by atoms with Crippen molar-refractivity contribution >= 4 is 0 Å². The zero-order valence-electron chi connectivity index (χ0n) is 10.9. The van der Waals surface area contributed by atoms with E-state index in [0.717, 1.165) is 5.56 Å². The van der Waals surface area contributed by atoms with Crippen LogP contribution < -0.4 is 5.73 Å². The number of nitrogens with zero attached hydrogens (tertiary/aromatic N) is 2. The first kappa shape index (κ1) is 13.7. The lowest BCUT2D eigenvalue weighted by molar-refractivity contribution is 0.126. The third-order valence-corrected chi connectivity index (χ3v) is 2.83. The van der Waals surface area contributed by atoms with E-state index in [4.69, 9.17) is 15.0 Å². The molecule has 0 spiro atoms. The Hall–Kier alpha value is -1.76. The lowest BCUT2D eigenvalue weighted by atomic mass is 10.1. The van der Waals surface area contributed by atoms with Gasteiger partial charge >= 0.3 is 0 Å². The first-order chi connectivity index (χ1) is 9.13. The summed E-state index contributed by atoms with van der Waals surface area (Å²) < 4.78 is 10.5. The number of ether oxygens (including phenoxy) is 1. The van der Waals surface area contributed by atoms with Crippen LogP contribution in [0.1, 0.15) is 36.3 Å². The molecule has 0 saturated heterocycles. The second-order valence-corrected chi connectivity index (χ2v) is 4.28. The lowest BCUT2D eigenvalue weighted by Crippen LogP contribution is -2.23. The predicted molar refractivity (Wildman–Crippen MR) is 68.2 cm³/mol. The number of hydrogen-bond acceptors (Lipinski definition) is 6. The molecule has 2 rings (SSSR count). The van der Waals surface area contributed by atoms with Gasteiger partial charge in [0.15, 0.2) is 0 Å². The van der Waals surface area contributed by atoms with Crippen LogP contribution in [0.15, 0.2) is 34.9 Å². The molecule has 0 radical (unpaired) electrons. The molecular formula is C13H17N3O3.